The van der Waals surface area contributed by atoms with Crippen LogP contribution in [0.15, 0.2) is 18.2 Å². The minimum Gasteiger partial charge on any atom is -0.598 e. The van der Waals surface area contributed by atoms with Gasteiger partial charge < -0.3 is 18.8 Å². The normalized spacial score (nSPS) is 14.1. The van der Waals surface area contributed by atoms with E-state index in [4.69, 9.17) is 14.2 Å². The number of benzene rings is 1. The topological polar surface area (TPSA) is 79.9 Å². The number of methoxy groups -OCH3 is 1. The molecule has 0 amide bonds. The third-order valence-electron chi connectivity index (χ3n) is 2.92. The van der Waals surface area contributed by atoms with Gasteiger partial charge in [-0.2, -0.15) is 0 Å². The van der Waals surface area contributed by atoms with E-state index in [0.717, 1.165) is 6.07 Å². The Kier molecular flexibility index (Phi) is 7.95. The van der Waals surface area contributed by atoms with Crippen LogP contribution in [-0.4, -0.2) is 35.8 Å². The molecule has 0 saturated heterocycles. The molecule has 0 fully saturated rings. The van der Waals surface area contributed by atoms with Gasteiger partial charge in [0.1, 0.15) is 16.3 Å². The second kappa shape index (κ2) is 9.22. The van der Waals surface area contributed by atoms with Crippen LogP contribution in [0.25, 0.3) is 0 Å². The summed E-state index contributed by atoms with van der Waals surface area (Å²) < 4.78 is 43.5. The Morgan fingerprint density at radius 3 is 2.62 bits per heavy atom. The zero-order valence-corrected chi connectivity index (χ0v) is 15.4. The van der Waals surface area contributed by atoms with Crippen LogP contribution in [-0.2, 0) is 25.6 Å². The van der Waals surface area contributed by atoms with E-state index in [0.29, 0.717) is 0 Å². The van der Waals surface area contributed by atoms with E-state index in [9.17, 15) is 13.7 Å². The highest BCUT2D eigenvalue weighted by molar-refractivity contribution is 7.90. The smallest absolute Gasteiger partial charge is 0.332 e. The Labute approximate surface area is 145 Å². The van der Waals surface area contributed by atoms with Gasteiger partial charge >= 0.3 is 5.97 Å². The Hall–Kier alpha value is -1.35. The van der Waals surface area contributed by atoms with Gasteiger partial charge in [-0.1, -0.05) is 0 Å². The molecule has 6 nitrogen and oxygen atoms in total. The largest absolute Gasteiger partial charge is 0.598 e. The van der Waals surface area contributed by atoms with Gasteiger partial charge in [0, 0.05) is 24.0 Å². The van der Waals surface area contributed by atoms with Crippen molar-refractivity contribution < 1.29 is 27.9 Å². The highest BCUT2D eigenvalue weighted by Gasteiger charge is 2.35. The van der Waals surface area contributed by atoms with Gasteiger partial charge in [-0.05, 0) is 45.9 Å². The Bertz CT molecular complexity index is 550. The molecule has 136 valence electrons. The predicted molar refractivity (Wildman–Crippen MR) is 89.3 cm³/mol. The lowest BCUT2D eigenvalue weighted by Gasteiger charge is -2.27. The lowest BCUT2D eigenvalue weighted by atomic mass is 10.1. The summed E-state index contributed by atoms with van der Waals surface area (Å²) in [5, 5.41) is 0. The number of carbonyl (C=O) groups is 1. The van der Waals surface area contributed by atoms with E-state index < -0.39 is 33.9 Å². The van der Waals surface area contributed by atoms with Crippen molar-refractivity contribution >= 4 is 17.3 Å². The molecule has 0 spiro atoms. The molecular formula is C16H24FNO5S. The summed E-state index contributed by atoms with van der Waals surface area (Å²) in [7, 11) is 1.44. The molecule has 0 aliphatic heterocycles. The number of hydrogen-bond acceptors (Lipinski definition) is 6. The van der Waals surface area contributed by atoms with E-state index in [2.05, 4.69) is 4.72 Å². The number of rotatable bonds is 8. The summed E-state index contributed by atoms with van der Waals surface area (Å²) in [5.74, 6) is -0.968. The molecule has 0 aliphatic rings. The number of hydrogen-bond donors (Lipinski definition) is 1. The minimum atomic E-state index is -1.57. The second-order valence-corrected chi connectivity index (χ2v) is 7.91. The first-order valence-electron chi connectivity index (χ1n) is 7.46. The molecule has 0 bridgehead atoms. The lowest BCUT2D eigenvalue weighted by Crippen LogP contribution is -2.44. The third-order valence-corrected chi connectivity index (χ3v) is 4.48. The first-order valence-corrected chi connectivity index (χ1v) is 8.61. The SMILES string of the molecule is CCOC(=O)[C@@H](N[S@+]([O-])C(C)(C)C)c1cc(F)ccc1OCOC. The summed E-state index contributed by atoms with van der Waals surface area (Å²) in [6, 6.07) is 2.61. The van der Waals surface area contributed by atoms with E-state index in [1.54, 1.807) is 27.7 Å². The van der Waals surface area contributed by atoms with E-state index in [-0.39, 0.29) is 24.7 Å². The first-order chi connectivity index (χ1) is 11.2. The van der Waals surface area contributed by atoms with E-state index in [1.807, 2.05) is 0 Å². The molecule has 8 heteroatoms. The molecule has 1 rings (SSSR count). The third kappa shape index (κ3) is 5.94. The van der Waals surface area contributed by atoms with Crippen LogP contribution in [0.4, 0.5) is 4.39 Å². The number of halogens is 1. The molecule has 0 heterocycles. The summed E-state index contributed by atoms with van der Waals surface area (Å²) in [4.78, 5) is 12.3. The summed E-state index contributed by atoms with van der Waals surface area (Å²) >= 11 is -1.57. The first kappa shape index (κ1) is 20.7. The maximum Gasteiger partial charge on any atom is 0.332 e. The number of nitrogens with one attached hydrogen (secondary N) is 1. The monoisotopic (exact) mass is 361 g/mol. The van der Waals surface area contributed by atoms with Crippen LogP contribution in [0.5, 0.6) is 5.75 Å². The Morgan fingerprint density at radius 1 is 1.42 bits per heavy atom. The Balaban J connectivity index is 3.22. The van der Waals surface area contributed by atoms with Crippen molar-refractivity contribution in [2.45, 2.75) is 38.5 Å². The molecule has 0 unspecified atom stereocenters. The average molecular weight is 361 g/mol. The van der Waals surface area contributed by atoms with Gasteiger partial charge in [0.2, 0.25) is 0 Å². The molecule has 0 aromatic heterocycles. The molecule has 1 N–H and O–H groups in total. The number of carbonyl (C=O) groups excluding carboxylic acids is 1. The molecule has 0 saturated carbocycles. The molecule has 0 aliphatic carbocycles. The molecular weight excluding hydrogens is 337 g/mol. The second-order valence-electron chi connectivity index (χ2n) is 5.92. The number of esters is 1. The maximum absolute atomic E-state index is 13.7. The van der Waals surface area contributed by atoms with Crippen LogP contribution in [0.2, 0.25) is 0 Å². The van der Waals surface area contributed by atoms with Crippen molar-refractivity contribution in [1.29, 1.82) is 0 Å². The molecule has 2 atom stereocenters. The molecule has 24 heavy (non-hydrogen) atoms. The van der Waals surface area contributed by atoms with Crippen molar-refractivity contribution in [2.75, 3.05) is 20.5 Å². The van der Waals surface area contributed by atoms with Gasteiger partial charge in [0.25, 0.3) is 0 Å². The standard InChI is InChI=1S/C16H24FNO5S/c1-6-22-15(19)14(18-24(20)16(2,3)4)12-9-11(17)7-8-13(12)23-10-21-5/h7-9,14,18H,6,10H2,1-5H3/t14-,24+/m0/s1. The van der Waals surface area contributed by atoms with Gasteiger partial charge in [-0.25, -0.2) is 9.18 Å². The summed E-state index contributed by atoms with van der Waals surface area (Å²) in [6.45, 7) is 6.99. The van der Waals surface area contributed by atoms with Crippen LogP contribution < -0.4 is 9.46 Å². The van der Waals surface area contributed by atoms with E-state index in [1.165, 1.54) is 19.2 Å². The van der Waals surface area contributed by atoms with Gasteiger partial charge in [0.15, 0.2) is 12.8 Å². The van der Waals surface area contributed by atoms with Gasteiger partial charge in [0.05, 0.1) is 6.61 Å². The fourth-order valence-corrected chi connectivity index (χ4v) is 2.54. The predicted octanol–water partition coefficient (Wildman–Crippen LogP) is 2.46. The number of ether oxygens (including phenoxy) is 3. The van der Waals surface area contributed by atoms with Crippen LogP contribution >= 0.6 is 0 Å². The van der Waals surface area contributed by atoms with Gasteiger partial charge in [-0.15, -0.1) is 4.72 Å². The van der Waals surface area contributed by atoms with Crippen molar-refractivity contribution in [3.8, 4) is 5.75 Å². The fraction of sp³-hybridized carbons (Fsp3) is 0.562. The van der Waals surface area contributed by atoms with Crippen LogP contribution in [0.1, 0.15) is 39.3 Å². The molecule has 1 aromatic carbocycles. The maximum atomic E-state index is 13.7. The minimum absolute atomic E-state index is 0.0729. The fourth-order valence-electron chi connectivity index (χ4n) is 1.75. The van der Waals surface area contributed by atoms with Crippen molar-refractivity contribution in [2.24, 2.45) is 0 Å². The van der Waals surface area contributed by atoms with Crippen molar-refractivity contribution in [3.63, 3.8) is 0 Å². The molecule has 0 radical (unpaired) electrons. The van der Waals surface area contributed by atoms with Gasteiger partial charge in [-0.3, -0.25) is 0 Å². The zero-order chi connectivity index (χ0) is 18.3. The van der Waals surface area contributed by atoms with Crippen molar-refractivity contribution in [1.82, 2.24) is 4.72 Å². The van der Waals surface area contributed by atoms with E-state index >= 15 is 0 Å². The Morgan fingerprint density at radius 2 is 2.08 bits per heavy atom. The quantitative estimate of drug-likeness (QED) is 0.435. The van der Waals surface area contributed by atoms with Crippen molar-refractivity contribution in [3.05, 3.63) is 29.6 Å². The zero-order valence-electron chi connectivity index (χ0n) is 14.6. The lowest BCUT2D eigenvalue weighted by molar-refractivity contribution is -0.145. The highest BCUT2D eigenvalue weighted by atomic mass is 32.2. The average Bonchev–Trinajstić information content (AvgIpc) is 2.50. The summed E-state index contributed by atoms with van der Waals surface area (Å²) in [5.41, 5.74) is 0.197. The summed E-state index contributed by atoms with van der Waals surface area (Å²) in [6.07, 6.45) is 0. The van der Waals surface area contributed by atoms with Crippen LogP contribution in [0, 0.1) is 5.82 Å². The van der Waals surface area contributed by atoms with Crippen LogP contribution in [0.3, 0.4) is 0 Å². The highest BCUT2D eigenvalue weighted by Crippen LogP contribution is 2.29. The molecule has 1 aromatic rings.